The number of aryl methyl sites for hydroxylation is 2. The topological polar surface area (TPSA) is 181 Å². The lowest BCUT2D eigenvalue weighted by atomic mass is 9.86. The molecule has 1 aromatic heterocycles. The zero-order chi connectivity index (χ0) is 39.5. The summed E-state index contributed by atoms with van der Waals surface area (Å²) >= 11 is 17.6. The van der Waals surface area contributed by atoms with E-state index in [9.17, 15) is 26.7 Å². The first kappa shape index (κ1) is 41.4. The Kier molecular flexibility index (Phi) is 13.0. The van der Waals surface area contributed by atoms with Gasteiger partial charge in [-0.2, -0.15) is 4.31 Å². The van der Waals surface area contributed by atoms with Crippen LogP contribution in [0.25, 0.3) is 11.0 Å². The van der Waals surface area contributed by atoms with Crippen molar-refractivity contribution in [2.45, 2.75) is 61.7 Å². The lowest BCUT2D eigenvalue weighted by Gasteiger charge is -2.24. The fourth-order valence-electron chi connectivity index (χ4n) is 5.85. The van der Waals surface area contributed by atoms with Gasteiger partial charge < -0.3 is 14.9 Å². The van der Waals surface area contributed by atoms with Gasteiger partial charge in [-0.3, -0.25) is 4.79 Å². The summed E-state index contributed by atoms with van der Waals surface area (Å²) < 4.78 is 61.9. The quantitative estimate of drug-likeness (QED) is 0.147. The average Bonchev–Trinajstić information content (AvgIpc) is 3.44. The lowest BCUT2D eigenvalue weighted by molar-refractivity contribution is -0.137. The van der Waals surface area contributed by atoms with E-state index in [1.165, 1.54) is 35.5 Å². The number of halogens is 3. The van der Waals surface area contributed by atoms with E-state index in [4.69, 9.17) is 44.6 Å². The van der Waals surface area contributed by atoms with Gasteiger partial charge in [0, 0.05) is 36.1 Å². The first-order valence-corrected chi connectivity index (χ1v) is 20.6. The first-order valence-electron chi connectivity index (χ1n) is 16.6. The molecule has 18 heteroatoms. The van der Waals surface area contributed by atoms with Gasteiger partial charge in [-0.1, -0.05) is 64.3 Å². The molecule has 0 amide bonds. The van der Waals surface area contributed by atoms with Crippen molar-refractivity contribution in [3.8, 4) is 5.75 Å². The summed E-state index contributed by atoms with van der Waals surface area (Å²) in [5, 5.41) is 27.6. The largest absolute Gasteiger partial charge is 0.488 e. The molecule has 6 rings (SSSR count). The third-order valence-electron chi connectivity index (χ3n) is 8.60. The van der Waals surface area contributed by atoms with Crippen LogP contribution in [0.1, 0.15) is 48.4 Å². The number of benzene rings is 4. The molecule has 1 unspecified atom stereocenters. The predicted octanol–water partition coefficient (Wildman–Crippen LogP) is 6.16. The fraction of sp³-hybridized carbons (Fsp3) is 0.306. The maximum absolute atomic E-state index is 13.6. The molecule has 4 aromatic carbocycles. The van der Waals surface area contributed by atoms with Gasteiger partial charge in [-0.05, 0) is 91.6 Å². The Balaban J connectivity index is 0.000000294. The number of aliphatic carboxylic acids is 1. The highest BCUT2D eigenvalue weighted by atomic mass is 35.5. The minimum absolute atomic E-state index is 0.0317. The third-order valence-corrected chi connectivity index (χ3v) is 12.8. The van der Waals surface area contributed by atoms with E-state index in [1.54, 1.807) is 23.9 Å². The molecule has 288 valence electrons. The van der Waals surface area contributed by atoms with Crippen LogP contribution in [0.4, 0.5) is 0 Å². The number of rotatable bonds is 10. The van der Waals surface area contributed by atoms with Crippen LogP contribution in [0.3, 0.4) is 0 Å². The number of aromatic nitrogens is 3. The molecule has 0 saturated heterocycles. The van der Waals surface area contributed by atoms with Gasteiger partial charge in [0.2, 0.25) is 20.0 Å². The van der Waals surface area contributed by atoms with E-state index in [0.717, 1.165) is 27.8 Å². The molecular weight excluding hydrogens is 801 g/mol. The van der Waals surface area contributed by atoms with Crippen molar-refractivity contribution in [2.24, 2.45) is 7.05 Å². The van der Waals surface area contributed by atoms with Gasteiger partial charge in [-0.25, -0.2) is 26.2 Å². The number of aliphatic hydroxyl groups excluding tert-OH is 1. The molecule has 3 atom stereocenters. The van der Waals surface area contributed by atoms with E-state index in [-0.39, 0.29) is 57.7 Å². The normalized spacial score (nSPS) is 16.7. The SMILES string of the molecule is C[C@@H](O)CNS(=O)(=O)c1cc(Cl)ccc1Cl.Cc1ccc(C(CC(=O)O)c2ccc3c(c2)nnn3C)cc1CN1C[C@@H](C)Oc2ccc(Cl)cc2S1(=O)=O. The van der Waals surface area contributed by atoms with Crippen LogP contribution >= 0.6 is 34.8 Å². The highest BCUT2D eigenvalue weighted by molar-refractivity contribution is 7.89. The van der Waals surface area contributed by atoms with Crippen LogP contribution < -0.4 is 9.46 Å². The Hall–Kier alpha value is -3.80. The molecule has 13 nitrogen and oxygen atoms in total. The molecule has 2 heterocycles. The van der Waals surface area contributed by atoms with E-state index in [1.807, 2.05) is 50.2 Å². The summed E-state index contributed by atoms with van der Waals surface area (Å²) in [6, 6.07) is 20.1. The highest BCUT2D eigenvalue weighted by Gasteiger charge is 2.34. The van der Waals surface area contributed by atoms with Crippen molar-refractivity contribution in [1.82, 2.24) is 24.0 Å². The second-order valence-electron chi connectivity index (χ2n) is 12.9. The van der Waals surface area contributed by atoms with Gasteiger partial charge in [-0.15, -0.1) is 5.10 Å². The summed E-state index contributed by atoms with van der Waals surface area (Å²) in [7, 11) is -5.84. The Bertz CT molecular complexity index is 2410. The molecule has 0 spiro atoms. The van der Waals surface area contributed by atoms with E-state index in [2.05, 4.69) is 15.0 Å². The summed E-state index contributed by atoms with van der Waals surface area (Å²) in [6.45, 7) is 5.38. The van der Waals surface area contributed by atoms with Crippen LogP contribution in [-0.4, -0.2) is 77.6 Å². The minimum atomic E-state index is -3.90. The highest BCUT2D eigenvalue weighted by Crippen LogP contribution is 2.36. The van der Waals surface area contributed by atoms with Crippen LogP contribution in [0.2, 0.25) is 15.1 Å². The standard InChI is InChI=1S/C27H27ClN4O5S.C9H11Cl2NO3S/c1-16-4-5-18(22(13-27(33)34)19-6-8-24-23(11-19)29-30-31(24)3)10-20(16)15-32-14-17(2)37-25-9-7-21(28)12-26(25)38(32,35)36;1-6(13)5-12-16(14,15)9-4-7(10)2-3-8(9)11/h4-12,17,22H,13-15H2,1-3H3,(H,33,34);2-4,6,12-13H,5H2,1H3/t17-,22?;6-/m11/s1. The predicted molar refractivity (Wildman–Crippen MR) is 206 cm³/mol. The number of nitrogens with one attached hydrogen (secondary N) is 1. The number of nitrogens with zero attached hydrogens (tertiary/aromatic N) is 4. The van der Waals surface area contributed by atoms with E-state index >= 15 is 0 Å². The fourth-order valence-corrected chi connectivity index (χ4v) is 9.60. The van der Waals surface area contributed by atoms with Crippen molar-refractivity contribution in [2.75, 3.05) is 13.1 Å². The number of sulfonamides is 2. The van der Waals surface area contributed by atoms with Crippen LogP contribution in [0.15, 0.2) is 82.6 Å². The molecule has 0 fully saturated rings. The minimum Gasteiger partial charge on any atom is -0.488 e. The summed E-state index contributed by atoms with van der Waals surface area (Å²) in [6.07, 6.45) is -1.28. The van der Waals surface area contributed by atoms with Crippen molar-refractivity contribution in [3.63, 3.8) is 0 Å². The van der Waals surface area contributed by atoms with E-state index in [0.29, 0.717) is 10.5 Å². The lowest BCUT2D eigenvalue weighted by Crippen LogP contribution is -2.35. The number of carboxylic acid groups (broad SMARTS) is 1. The summed E-state index contributed by atoms with van der Waals surface area (Å²) in [5.74, 6) is -1.12. The maximum atomic E-state index is 13.6. The zero-order valence-corrected chi connectivity index (χ0v) is 33.5. The van der Waals surface area contributed by atoms with Crippen LogP contribution in [0, 0.1) is 6.92 Å². The van der Waals surface area contributed by atoms with Crippen molar-refractivity contribution >= 4 is 71.9 Å². The van der Waals surface area contributed by atoms with Gasteiger partial charge in [0.25, 0.3) is 0 Å². The zero-order valence-electron chi connectivity index (χ0n) is 29.6. The second kappa shape index (κ2) is 16.9. The number of fused-ring (bicyclic) bond motifs is 2. The molecule has 3 N–H and O–H groups in total. The van der Waals surface area contributed by atoms with Gasteiger partial charge >= 0.3 is 5.97 Å². The molecule has 1 aliphatic rings. The summed E-state index contributed by atoms with van der Waals surface area (Å²) in [4.78, 5) is 11.8. The number of hydrogen-bond acceptors (Lipinski definition) is 9. The van der Waals surface area contributed by atoms with Crippen LogP contribution in [0.5, 0.6) is 5.75 Å². The average molecular weight is 839 g/mol. The molecular formula is C36H38Cl3N5O8S2. The van der Waals surface area contributed by atoms with Crippen molar-refractivity contribution in [1.29, 1.82) is 0 Å². The van der Waals surface area contributed by atoms with Gasteiger partial charge in [0.15, 0.2) is 0 Å². The Morgan fingerprint density at radius 2 is 1.69 bits per heavy atom. The maximum Gasteiger partial charge on any atom is 0.304 e. The van der Waals surface area contributed by atoms with Gasteiger partial charge in [0.1, 0.15) is 27.2 Å². The van der Waals surface area contributed by atoms with Crippen molar-refractivity contribution in [3.05, 3.63) is 110 Å². The Labute approximate surface area is 328 Å². The van der Waals surface area contributed by atoms with Gasteiger partial charge in [0.05, 0.1) is 29.6 Å². The molecule has 0 saturated carbocycles. The Morgan fingerprint density at radius 1 is 1.02 bits per heavy atom. The number of aliphatic hydroxyl groups is 1. The Morgan fingerprint density at radius 3 is 2.39 bits per heavy atom. The molecule has 0 bridgehead atoms. The second-order valence-corrected chi connectivity index (χ2v) is 17.8. The number of ether oxygens (including phenoxy) is 1. The molecule has 0 radical (unpaired) electrons. The monoisotopic (exact) mass is 837 g/mol. The van der Waals surface area contributed by atoms with Crippen molar-refractivity contribution < 1.29 is 36.6 Å². The van der Waals surface area contributed by atoms with Crippen LogP contribution in [-0.2, 0) is 38.4 Å². The number of hydrogen-bond donors (Lipinski definition) is 3. The van der Waals surface area contributed by atoms with E-state index < -0.39 is 38.0 Å². The summed E-state index contributed by atoms with van der Waals surface area (Å²) in [5.41, 5.74) is 4.76. The molecule has 1 aliphatic heterocycles. The smallest absolute Gasteiger partial charge is 0.304 e. The number of carbonyl (C=O) groups is 1. The molecule has 54 heavy (non-hydrogen) atoms. The molecule has 5 aromatic rings. The third kappa shape index (κ3) is 9.70. The first-order chi connectivity index (χ1) is 25.3. The molecule has 0 aliphatic carbocycles. The number of carboxylic acids is 1.